The molecular weight excluding hydrogens is 526 g/mol. The predicted molar refractivity (Wildman–Crippen MR) is 135 cm³/mol. The number of halogens is 4. The first-order valence-electron chi connectivity index (χ1n) is 11.9. The summed E-state index contributed by atoms with van der Waals surface area (Å²) in [5.41, 5.74) is -0.676. The van der Waals surface area contributed by atoms with Crippen molar-refractivity contribution in [2.45, 2.75) is 38.5 Å². The second-order valence-corrected chi connectivity index (χ2v) is 11.6. The van der Waals surface area contributed by atoms with Gasteiger partial charge in [-0.05, 0) is 51.6 Å². The molecule has 0 unspecified atom stereocenters. The van der Waals surface area contributed by atoms with Crippen molar-refractivity contribution in [1.29, 1.82) is 0 Å². The van der Waals surface area contributed by atoms with Crippen LogP contribution in [0.3, 0.4) is 0 Å². The van der Waals surface area contributed by atoms with Crippen molar-refractivity contribution in [3.63, 3.8) is 0 Å². The molecule has 38 heavy (non-hydrogen) atoms. The molecule has 0 bridgehead atoms. The van der Waals surface area contributed by atoms with Gasteiger partial charge in [-0.2, -0.15) is 13.2 Å². The molecule has 1 saturated heterocycles. The van der Waals surface area contributed by atoms with Gasteiger partial charge in [0.2, 0.25) is 16.0 Å². The SMILES string of the molecule is Cc1nc(-c2nc(NC3CCN(S(C)(=O)=O)CC3)ncc2C(F)(F)F)cn1-c1ccc(CN(C)C)cc1F. The van der Waals surface area contributed by atoms with E-state index in [1.54, 1.807) is 19.1 Å². The molecular formula is C24H29F4N7O2S. The van der Waals surface area contributed by atoms with Gasteiger partial charge >= 0.3 is 6.18 Å². The first kappa shape index (κ1) is 27.9. The minimum absolute atomic E-state index is 0.0303. The van der Waals surface area contributed by atoms with E-state index in [0.29, 0.717) is 25.6 Å². The Morgan fingerprint density at radius 2 is 1.84 bits per heavy atom. The van der Waals surface area contributed by atoms with Gasteiger partial charge in [0.1, 0.15) is 28.6 Å². The highest BCUT2D eigenvalue weighted by molar-refractivity contribution is 7.88. The fourth-order valence-corrected chi connectivity index (χ4v) is 5.28. The third-order valence-electron chi connectivity index (χ3n) is 6.25. The maximum absolute atomic E-state index is 14.9. The number of rotatable bonds is 7. The van der Waals surface area contributed by atoms with Crippen molar-refractivity contribution < 1.29 is 26.0 Å². The Balaban J connectivity index is 1.64. The first-order chi connectivity index (χ1) is 17.7. The number of sulfonamides is 1. The van der Waals surface area contributed by atoms with Gasteiger partial charge in [-0.15, -0.1) is 0 Å². The number of nitrogens with one attached hydrogen (secondary N) is 1. The molecule has 14 heteroatoms. The first-order valence-corrected chi connectivity index (χ1v) is 13.7. The highest BCUT2D eigenvalue weighted by Crippen LogP contribution is 2.36. The fraction of sp³-hybridized carbons (Fsp3) is 0.458. The zero-order valence-electron chi connectivity index (χ0n) is 21.4. The van der Waals surface area contributed by atoms with E-state index in [9.17, 15) is 26.0 Å². The lowest BCUT2D eigenvalue weighted by atomic mass is 10.1. The van der Waals surface area contributed by atoms with Crippen molar-refractivity contribution in [3.05, 3.63) is 53.4 Å². The standard InChI is InChI=1S/C24H29F4N7O2S/c1-15-30-20(14-35(15)21-6-5-16(11-19(21)25)13-33(2)3)22-18(24(26,27)28)12-29-23(32-22)31-17-7-9-34(10-8-17)38(4,36)37/h5-6,11-12,14,17H,7-10,13H2,1-4H3,(H,29,31,32). The van der Waals surface area contributed by atoms with Crippen LogP contribution in [-0.2, 0) is 22.7 Å². The van der Waals surface area contributed by atoms with Gasteiger partial charge in [-0.1, -0.05) is 6.07 Å². The number of alkyl halides is 3. The van der Waals surface area contributed by atoms with Gasteiger partial charge in [-0.3, -0.25) is 0 Å². The summed E-state index contributed by atoms with van der Waals surface area (Å²) in [5.74, 6) is -0.274. The third kappa shape index (κ3) is 6.30. The summed E-state index contributed by atoms with van der Waals surface area (Å²) in [5, 5.41) is 3.02. The maximum atomic E-state index is 14.9. The molecule has 0 atom stereocenters. The molecule has 3 aromatic rings. The van der Waals surface area contributed by atoms with Crippen LogP contribution in [0.25, 0.3) is 17.1 Å². The molecule has 9 nitrogen and oxygen atoms in total. The number of benzene rings is 1. The second-order valence-electron chi connectivity index (χ2n) is 9.60. The number of nitrogens with zero attached hydrogens (tertiary/aromatic N) is 6. The normalized spacial score (nSPS) is 15.8. The van der Waals surface area contributed by atoms with Crippen molar-refractivity contribution in [2.75, 3.05) is 38.8 Å². The lowest BCUT2D eigenvalue weighted by molar-refractivity contribution is -0.137. The number of imidazole rings is 1. The van der Waals surface area contributed by atoms with Crippen LogP contribution in [0.4, 0.5) is 23.5 Å². The Bertz CT molecular complexity index is 1420. The molecule has 1 fully saturated rings. The van der Waals surface area contributed by atoms with E-state index in [1.807, 2.05) is 19.0 Å². The zero-order chi connectivity index (χ0) is 27.8. The summed E-state index contributed by atoms with van der Waals surface area (Å²) in [4.78, 5) is 14.2. The van der Waals surface area contributed by atoms with Gasteiger partial charge in [0.15, 0.2) is 0 Å². The largest absolute Gasteiger partial charge is 0.420 e. The molecule has 0 spiro atoms. The minimum atomic E-state index is -4.74. The molecule has 1 N–H and O–H groups in total. The van der Waals surface area contributed by atoms with Crippen LogP contribution in [0.1, 0.15) is 29.8 Å². The van der Waals surface area contributed by atoms with Gasteiger partial charge in [0, 0.05) is 38.1 Å². The van der Waals surface area contributed by atoms with E-state index in [-0.39, 0.29) is 42.3 Å². The van der Waals surface area contributed by atoms with E-state index in [0.717, 1.165) is 11.8 Å². The Morgan fingerprint density at radius 3 is 2.42 bits per heavy atom. The summed E-state index contributed by atoms with van der Waals surface area (Å²) in [6.45, 7) is 2.67. The monoisotopic (exact) mass is 555 g/mol. The summed E-state index contributed by atoms with van der Waals surface area (Å²) < 4.78 is 82.7. The van der Waals surface area contributed by atoms with Crippen molar-refractivity contribution >= 4 is 16.0 Å². The molecule has 0 radical (unpaired) electrons. The van der Waals surface area contributed by atoms with Gasteiger partial charge in [0.05, 0.1) is 11.9 Å². The number of aromatic nitrogens is 4. The van der Waals surface area contributed by atoms with Crippen LogP contribution >= 0.6 is 0 Å². The lowest BCUT2D eigenvalue weighted by Crippen LogP contribution is -2.42. The number of hydrogen-bond donors (Lipinski definition) is 1. The summed E-state index contributed by atoms with van der Waals surface area (Å²) >= 11 is 0. The molecule has 0 amide bonds. The highest BCUT2D eigenvalue weighted by Gasteiger charge is 2.36. The Morgan fingerprint density at radius 1 is 1.16 bits per heavy atom. The van der Waals surface area contributed by atoms with E-state index in [4.69, 9.17) is 0 Å². The van der Waals surface area contributed by atoms with Crippen molar-refractivity contribution in [1.82, 2.24) is 28.7 Å². The van der Waals surface area contributed by atoms with E-state index in [1.165, 1.54) is 21.1 Å². The van der Waals surface area contributed by atoms with Crippen molar-refractivity contribution in [3.8, 4) is 17.1 Å². The van der Waals surface area contributed by atoms with Crippen LogP contribution < -0.4 is 5.32 Å². The average Bonchev–Trinajstić information content (AvgIpc) is 3.19. The average molecular weight is 556 g/mol. The molecule has 1 aliphatic heterocycles. The molecule has 2 aromatic heterocycles. The molecule has 0 saturated carbocycles. The lowest BCUT2D eigenvalue weighted by Gasteiger charge is -2.30. The Labute approximate surface area is 218 Å². The van der Waals surface area contributed by atoms with Crippen LogP contribution in [0.15, 0.2) is 30.6 Å². The minimum Gasteiger partial charge on any atom is -0.351 e. The predicted octanol–water partition coefficient (Wildman–Crippen LogP) is 3.69. The van der Waals surface area contributed by atoms with Gasteiger partial charge < -0.3 is 14.8 Å². The number of anilines is 1. The molecule has 206 valence electrons. The van der Waals surface area contributed by atoms with Crippen molar-refractivity contribution in [2.24, 2.45) is 0 Å². The highest BCUT2D eigenvalue weighted by atomic mass is 32.2. The molecule has 4 rings (SSSR count). The Hall–Kier alpha value is -3.10. The quantitative estimate of drug-likeness (QED) is 0.444. The molecule has 0 aliphatic carbocycles. The van der Waals surface area contributed by atoms with Crippen LogP contribution in [0.2, 0.25) is 0 Å². The summed E-state index contributed by atoms with van der Waals surface area (Å²) in [7, 11) is 0.409. The second kappa shape index (κ2) is 10.6. The van der Waals surface area contributed by atoms with Crippen LogP contribution in [0.5, 0.6) is 0 Å². The fourth-order valence-electron chi connectivity index (χ4n) is 4.41. The number of hydrogen-bond acceptors (Lipinski definition) is 7. The topological polar surface area (TPSA) is 96.2 Å². The zero-order valence-corrected chi connectivity index (χ0v) is 22.2. The van der Waals surface area contributed by atoms with Crippen LogP contribution in [0, 0.1) is 12.7 Å². The van der Waals surface area contributed by atoms with E-state index >= 15 is 0 Å². The molecule has 1 aliphatic rings. The number of aryl methyl sites for hydroxylation is 1. The maximum Gasteiger partial charge on any atom is 0.420 e. The van der Waals surface area contributed by atoms with Gasteiger partial charge in [-0.25, -0.2) is 32.1 Å². The Kier molecular flexibility index (Phi) is 7.77. The summed E-state index contributed by atoms with van der Waals surface area (Å²) in [6, 6.07) is 4.48. The van der Waals surface area contributed by atoms with Crippen LogP contribution in [-0.4, -0.2) is 76.6 Å². The number of piperidine rings is 1. The summed E-state index contributed by atoms with van der Waals surface area (Å²) in [6.07, 6.45) is -0.692. The van der Waals surface area contributed by atoms with E-state index < -0.39 is 33.3 Å². The third-order valence-corrected chi connectivity index (χ3v) is 7.55. The smallest absolute Gasteiger partial charge is 0.351 e. The van der Waals surface area contributed by atoms with Gasteiger partial charge in [0.25, 0.3) is 0 Å². The molecule has 3 heterocycles. The van der Waals surface area contributed by atoms with E-state index in [2.05, 4.69) is 20.3 Å². The molecule has 1 aromatic carbocycles.